The van der Waals surface area contributed by atoms with Gasteiger partial charge in [-0.25, -0.2) is 4.79 Å². The molecular weight excluding hydrogens is 386 g/mol. The fraction of sp³-hybridized carbons (Fsp3) is 0.545. The molecule has 0 radical (unpaired) electrons. The number of rotatable bonds is 8. The molecule has 3 rings (SSSR count). The summed E-state index contributed by atoms with van der Waals surface area (Å²) in [7, 11) is 0. The third-order valence-corrected chi connectivity index (χ3v) is 5.58. The Balaban J connectivity index is 1.86. The fourth-order valence-electron chi connectivity index (χ4n) is 4.27. The van der Waals surface area contributed by atoms with Crippen molar-refractivity contribution in [3.8, 4) is 0 Å². The lowest BCUT2D eigenvalue weighted by molar-refractivity contribution is -0.161. The second kappa shape index (κ2) is 8.85. The summed E-state index contributed by atoms with van der Waals surface area (Å²) in [5.41, 5.74) is -0.791. The Morgan fingerprint density at radius 2 is 1.93 bits per heavy atom. The molecule has 30 heavy (non-hydrogen) atoms. The molecule has 1 fully saturated rings. The van der Waals surface area contributed by atoms with Gasteiger partial charge in [0.15, 0.2) is 6.61 Å². The van der Waals surface area contributed by atoms with Crippen LogP contribution < -0.4 is 10.2 Å². The van der Waals surface area contributed by atoms with E-state index < -0.39 is 24.1 Å². The molecule has 2 aliphatic heterocycles. The highest BCUT2D eigenvalue weighted by molar-refractivity contribution is 6.15. The normalized spacial score (nSPS) is 20.3. The molecule has 8 nitrogen and oxygen atoms in total. The number of fused-ring (bicyclic) bond motifs is 3. The number of benzene rings is 1. The third-order valence-electron chi connectivity index (χ3n) is 5.58. The molecule has 2 heterocycles. The highest BCUT2D eigenvalue weighted by Gasteiger charge is 2.62. The standard InChI is InChI=1S/C22H29N3O5/c1-4-5-8-13-23-18(26)14-30-21(29)22-12-11-19(27)25(22)17-10-7-6-9-16(17)20(28)24(22)15(2)3/h6-7,9-10,15H,4-5,8,11-14H2,1-3H3,(H,23,26)/t22-/m0/s1. The number of anilines is 1. The van der Waals surface area contributed by atoms with Gasteiger partial charge in [0.1, 0.15) is 0 Å². The number of hydrogen-bond donors (Lipinski definition) is 1. The van der Waals surface area contributed by atoms with E-state index in [1.54, 1.807) is 38.1 Å². The summed E-state index contributed by atoms with van der Waals surface area (Å²) in [6.45, 7) is 5.73. The summed E-state index contributed by atoms with van der Waals surface area (Å²) < 4.78 is 5.36. The van der Waals surface area contributed by atoms with Crippen LogP contribution in [0.25, 0.3) is 0 Å². The topological polar surface area (TPSA) is 96.0 Å². The first-order valence-corrected chi connectivity index (χ1v) is 10.5. The molecule has 3 amide bonds. The van der Waals surface area contributed by atoms with Crippen LogP contribution in [-0.2, 0) is 19.1 Å². The van der Waals surface area contributed by atoms with Gasteiger partial charge in [0.05, 0.1) is 11.3 Å². The first-order chi connectivity index (χ1) is 14.3. The number of carbonyl (C=O) groups is 4. The molecule has 1 N–H and O–H groups in total. The Kier molecular flexibility index (Phi) is 6.43. The van der Waals surface area contributed by atoms with Crippen LogP contribution in [0.15, 0.2) is 24.3 Å². The zero-order valence-corrected chi connectivity index (χ0v) is 17.8. The smallest absolute Gasteiger partial charge is 0.354 e. The molecule has 1 saturated heterocycles. The predicted molar refractivity (Wildman–Crippen MR) is 111 cm³/mol. The third kappa shape index (κ3) is 3.66. The van der Waals surface area contributed by atoms with E-state index in [9.17, 15) is 19.2 Å². The summed E-state index contributed by atoms with van der Waals surface area (Å²) in [6.07, 6.45) is 3.14. The second-order valence-corrected chi connectivity index (χ2v) is 7.97. The molecule has 0 aliphatic carbocycles. The number of nitrogens with one attached hydrogen (secondary N) is 1. The summed E-state index contributed by atoms with van der Waals surface area (Å²) in [6, 6.07) is 6.41. The van der Waals surface area contributed by atoms with Crippen molar-refractivity contribution in [3.05, 3.63) is 29.8 Å². The Labute approximate surface area is 176 Å². The lowest BCUT2D eigenvalue weighted by Crippen LogP contribution is -2.70. The molecule has 0 saturated carbocycles. The van der Waals surface area contributed by atoms with Crippen molar-refractivity contribution in [2.24, 2.45) is 0 Å². The highest BCUT2D eigenvalue weighted by atomic mass is 16.5. The number of ether oxygens (including phenoxy) is 1. The second-order valence-electron chi connectivity index (χ2n) is 7.97. The van der Waals surface area contributed by atoms with Crippen LogP contribution in [-0.4, -0.2) is 53.4 Å². The van der Waals surface area contributed by atoms with Crippen LogP contribution in [0.3, 0.4) is 0 Å². The maximum absolute atomic E-state index is 13.3. The van der Waals surface area contributed by atoms with E-state index in [1.807, 2.05) is 0 Å². The molecular formula is C22H29N3O5. The Morgan fingerprint density at radius 3 is 2.63 bits per heavy atom. The number of unbranched alkanes of at least 4 members (excludes halogenated alkanes) is 2. The molecule has 0 unspecified atom stereocenters. The van der Waals surface area contributed by atoms with Gasteiger partial charge in [-0.1, -0.05) is 31.9 Å². The summed E-state index contributed by atoms with van der Waals surface area (Å²) >= 11 is 0. The molecule has 162 valence electrons. The van der Waals surface area contributed by atoms with Crippen LogP contribution in [0, 0.1) is 0 Å². The minimum absolute atomic E-state index is 0.114. The van der Waals surface area contributed by atoms with Gasteiger partial charge in [-0.15, -0.1) is 0 Å². The molecule has 1 atom stereocenters. The van der Waals surface area contributed by atoms with Gasteiger partial charge < -0.3 is 15.0 Å². The van der Waals surface area contributed by atoms with Crippen LogP contribution in [0.2, 0.25) is 0 Å². The van der Waals surface area contributed by atoms with Crippen LogP contribution in [0.5, 0.6) is 0 Å². The first kappa shape index (κ1) is 21.8. The molecule has 0 bridgehead atoms. The number of para-hydroxylation sites is 1. The maximum atomic E-state index is 13.3. The molecule has 1 aromatic carbocycles. The molecule has 8 heteroatoms. The van der Waals surface area contributed by atoms with Gasteiger partial charge in [0.25, 0.3) is 11.8 Å². The van der Waals surface area contributed by atoms with E-state index in [-0.39, 0.29) is 30.7 Å². The average molecular weight is 415 g/mol. The van der Waals surface area contributed by atoms with E-state index in [4.69, 9.17) is 4.74 Å². The van der Waals surface area contributed by atoms with Crippen molar-refractivity contribution < 1.29 is 23.9 Å². The van der Waals surface area contributed by atoms with E-state index in [0.29, 0.717) is 17.8 Å². The zero-order chi connectivity index (χ0) is 21.9. The van der Waals surface area contributed by atoms with Crippen molar-refractivity contribution in [3.63, 3.8) is 0 Å². The van der Waals surface area contributed by atoms with Crippen LogP contribution in [0.1, 0.15) is 63.2 Å². The van der Waals surface area contributed by atoms with Crippen molar-refractivity contribution in [2.75, 3.05) is 18.1 Å². The van der Waals surface area contributed by atoms with Gasteiger partial charge in [-0.2, -0.15) is 0 Å². The maximum Gasteiger partial charge on any atom is 0.354 e. The van der Waals surface area contributed by atoms with Crippen molar-refractivity contribution in [1.82, 2.24) is 10.2 Å². The molecule has 0 aromatic heterocycles. The van der Waals surface area contributed by atoms with Gasteiger partial charge >= 0.3 is 5.97 Å². The zero-order valence-electron chi connectivity index (χ0n) is 17.8. The monoisotopic (exact) mass is 415 g/mol. The van der Waals surface area contributed by atoms with Gasteiger partial charge in [-0.3, -0.25) is 19.3 Å². The van der Waals surface area contributed by atoms with E-state index >= 15 is 0 Å². The number of esters is 1. The number of hydrogen-bond acceptors (Lipinski definition) is 5. The van der Waals surface area contributed by atoms with Gasteiger partial charge in [0, 0.05) is 25.4 Å². The largest absolute Gasteiger partial charge is 0.452 e. The quantitative estimate of drug-likeness (QED) is 0.519. The Morgan fingerprint density at radius 1 is 1.20 bits per heavy atom. The first-order valence-electron chi connectivity index (χ1n) is 10.5. The van der Waals surface area contributed by atoms with E-state index in [1.165, 1.54) is 9.80 Å². The van der Waals surface area contributed by atoms with Crippen molar-refractivity contribution >= 4 is 29.4 Å². The van der Waals surface area contributed by atoms with E-state index in [2.05, 4.69) is 12.2 Å². The summed E-state index contributed by atoms with van der Waals surface area (Å²) in [4.78, 5) is 54.2. The Hall–Kier alpha value is -2.90. The minimum atomic E-state index is -1.57. The van der Waals surface area contributed by atoms with Gasteiger partial charge in [0.2, 0.25) is 11.6 Å². The predicted octanol–water partition coefficient (Wildman–Crippen LogP) is 2.22. The van der Waals surface area contributed by atoms with E-state index in [0.717, 1.165) is 19.3 Å². The highest BCUT2D eigenvalue weighted by Crippen LogP contribution is 2.45. The molecule has 0 spiro atoms. The van der Waals surface area contributed by atoms with Crippen LogP contribution in [0.4, 0.5) is 5.69 Å². The summed E-state index contributed by atoms with van der Waals surface area (Å²) in [5, 5.41) is 2.72. The number of nitrogens with zero attached hydrogens (tertiary/aromatic N) is 2. The Bertz CT molecular complexity index is 853. The van der Waals surface area contributed by atoms with Crippen molar-refractivity contribution in [2.45, 2.75) is 64.6 Å². The fourth-order valence-corrected chi connectivity index (χ4v) is 4.27. The number of amides is 3. The lowest BCUT2D eigenvalue weighted by atomic mass is 9.95. The van der Waals surface area contributed by atoms with Crippen molar-refractivity contribution in [1.29, 1.82) is 0 Å². The van der Waals surface area contributed by atoms with Crippen LogP contribution >= 0.6 is 0 Å². The van der Waals surface area contributed by atoms with Gasteiger partial charge in [-0.05, 0) is 32.4 Å². The molecule has 1 aromatic rings. The minimum Gasteiger partial charge on any atom is -0.452 e. The average Bonchev–Trinajstić information content (AvgIpc) is 3.07. The molecule has 2 aliphatic rings. The summed E-state index contributed by atoms with van der Waals surface area (Å²) in [5.74, 6) is -1.73. The lowest BCUT2D eigenvalue weighted by Gasteiger charge is -2.50. The number of carbonyl (C=O) groups excluding carboxylic acids is 4. The SMILES string of the molecule is CCCCCNC(=O)COC(=O)[C@]12CCC(=O)N1c1ccccc1C(=O)N2C(C)C.